The van der Waals surface area contributed by atoms with Gasteiger partial charge < -0.3 is 10.2 Å². The van der Waals surface area contributed by atoms with E-state index in [9.17, 15) is 4.79 Å². The smallest absolute Gasteiger partial charge is 0.228 e. The molecule has 0 aromatic heterocycles. The largest absolute Gasteiger partial charge is 0.341 e. The van der Waals surface area contributed by atoms with Gasteiger partial charge in [0.15, 0.2) is 0 Å². The Morgan fingerprint density at radius 2 is 1.68 bits per heavy atom. The van der Waals surface area contributed by atoms with Crippen LogP contribution in [0.1, 0.15) is 58.8 Å². The third-order valence-corrected chi connectivity index (χ3v) is 6.71. The summed E-state index contributed by atoms with van der Waals surface area (Å²) < 4.78 is 0. The van der Waals surface area contributed by atoms with Crippen molar-refractivity contribution in [2.24, 2.45) is 22.2 Å². The van der Waals surface area contributed by atoms with Crippen LogP contribution >= 0.6 is 12.4 Å². The molecule has 3 nitrogen and oxygen atoms in total. The van der Waals surface area contributed by atoms with Gasteiger partial charge in [0, 0.05) is 19.6 Å². The van der Waals surface area contributed by atoms with Crippen molar-refractivity contribution in [3.63, 3.8) is 0 Å². The highest BCUT2D eigenvalue weighted by Crippen LogP contribution is 2.69. The van der Waals surface area contributed by atoms with E-state index in [2.05, 4.69) is 24.1 Å². The van der Waals surface area contributed by atoms with Crippen molar-refractivity contribution in [2.75, 3.05) is 26.2 Å². The van der Waals surface area contributed by atoms with Gasteiger partial charge in [-0.3, -0.25) is 4.79 Å². The first-order chi connectivity index (χ1) is 9.92. The van der Waals surface area contributed by atoms with E-state index < -0.39 is 0 Å². The van der Waals surface area contributed by atoms with Crippen LogP contribution in [0.15, 0.2) is 0 Å². The maximum Gasteiger partial charge on any atom is 0.228 e. The van der Waals surface area contributed by atoms with Crippen LogP contribution < -0.4 is 5.32 Å². The van der Waals surface area contributed by atoms with Gasteiger partial charge in [0.25, 0.3) is 0 Å². The first kappa shape index (κ1) is 16.6. The topological polar surface area (TPSA) is 32.3 Å². The summed E-state index contributed by atoms with van der Waals surface area (Å²) in [4.78, 5) is 15.6. The van der Waals surface area contributed by atoms with Gasteiger partial charge >= 0.3 is 0 Å². The maximum absolute atomic E-state index is 13.4. The van der Waals surface area contributed by atoms with Crippen molar-refractivity contribution < 1.29 is 4.79 Å². The molecule has 1 heterocycles. The normalized spacial score (nSPS) is 47.0. The van der Waals surface area contributed by atoms with E-state index >= 15 is 0 Å². The van der Waals surface area contributed by atoms with Gasteiger partial charge in [-0.1, -0.05) is 13.8 Å². The summed E-state index contributed by atoms with van der Waals surface area (Å²) in [5.41, 5.74) is 0.870. The molecule has 4 saturated carbocycles. The summed E-state index contributed by atoms with van der Waals surface area (Å²) in [7, 11) is 0. The molecule has 1 aliphatic heterocycles. The zero-order valence-corrected chi connectivity index (χ0v) is 14.9. The molecule has 0 aromatic carbocycles. The first-order valence-corrected chi connectivity index (χ1v) is 8.92. The number of nitrogens with zero attached hydrogens (tertiary/aromatic N) is 1. The lowest BCUT2D eigenvalue weighted by Gasteiger charge is -2.65. The SMILES string of the molecule is CC12CC3CC(C)(C1)CC(C(=O)N1CCCNCC1)(C3)C2.Cl. The molecule has 5 rings (SSSR count). The van der Waals surface area contributed by atoms with Crippen molar-refractivity contribution in [3.05, 3.63) is 0 Å². The Morgan fingerprint density at radius 1 is 1.00 bits per heavy atom. The molecule has 0 aromatic rings. The summed E-state index contributed by atoms with van der Waals surface area (Å²) in [6, 6.07) is 0. The van der Waals surface area contributed by atoms with Crippen LogP contribution in [0.3, 0.4) is 0 Å². The molecule has 2 unspecified atom stereocenters. The van der Waals surface area contributed by atoms with Crippen molar-refractivity contribution in [1.29, 1.82) is 0 Å². The number of hydrogen-bond acceptors (Lipinski definition) is 2. The van der Waals surface area contributed by atoms with Gasteiger partial charge in [0.05, 0.1) is 5.41 Å². The fourth-order valence-corrected chi connectivity index (χ4v) is 7.07. The second-order valence-corrected chi connectivity index (χ2v) is 9.31. The fraction of sp³-hybridized carbons (Fsp3) is 0.944. The fourth-order valence-electron chi connectivity index (χ4n) is 7.07. The molecule has 126 valence electrons. The zero-order chi connectivity index (χ0) is 14.7. The van der Waals surface area contributed by atoms with E-state index in [0.717, 1.165) is 51.4 Å². The van der Waals surface area contributed by atoms with E-state index in [0.29, 0.717) is 16.7 Å². The highest BCUT2D eigenvalue weighted by molar-refractivity contribution is 5.85. The number of rotatable bonds is 1. The molecule has 1 amide bonds. The number of carbonyl (C=O) groups is 1. The van der Waals surface area contributed by atoms with E-state index in [4.69, 9.17) is 0 Å². The lowest BCUT2D eigenvalue weighted by molar-refractivity contribution is -0.179. The number of amides is 1. The van der Waals surface area contributed by atoms with Crippen LogP contribution in [0.4, 0.5) is 0 Å². The lowest BCUT2D eigenvalue weighted by Crippen LogP contribution is -2.60. The molecule has 1 N–H and O–H groups in total. The number of halogens is 1. The van der Waals surface area contributed by atoms with Gasteiger partial charge in [-0.05, 0) is 68.2 Å². The van der Waals surface area contributed by atoms with Gasteiger partial charge in [0.2, 0.25) is 5.91 Å². The molecule has 2 atom stereocenters. The van der Waals surface area contributed by atoms with Gasteiger partial charge in [-0.15, -0.1) is 12.4 Å². The molecule has 4 aliphatic carbocycles. The van der Waals surface area contributed by atoms with Gasteiger partial charge in [-0.2, -0.15) is 0 Å². The second kappa shape index (κ2) is 5.37. The highest BCUT2D eigenvalue weighted by Gasteiger charge is 2.63. The van der Waals surface area contributed by atoms with E-state index in [1.54, 1.807) is 0 Å². The Balaban J connectivity index is 0.00000144. The quantitative estimate of drug-likeness (QED) is 0.802. The molecule has 4 heteroatoms. The van der Waals surface area contributed by atoms with Crippen LogP contribution in [-0.4, -0.2) is 37.0 Å². The van der Waals surface area contributed by atoms with E-state index in [-0.39, 0.29) is 17.8 Å². The van der Waals surface area contributed by atoms with Crippen LogP contribution in [0.25, 0.3) is 0 Å². The number of nitrogens with one attached hydrogen (secondary N) is 1. The minimum Gasteiger partial charge on any atom is -0.341 e. The Bertz CT molecular complexity index is 440. The Kier molecular flexibility index (Phi) is 4.05. The van der Waals surface area contributed by atoms with Crippen LogP contribution in [0, 0.1) is 22.2 Å². The predicted octanol–water partition coefficient (Wildman–Crippen LogP) is 3.23. The van der Waals surface area contributed by atoms with Crippen LogP contribution in [0.5, 0.6) is 0 Å². The summed E-state index contributed by atoms with van der Waals surface area (Å²) in [6.07, 6.45) is 8.72. The Labute approximate surface area is 141 Å². The third kappa shape index (κ3) is 2.58. The predicted molar refractivity (Wildman–Crippen MR) is 91.2 cm³/mol. The molecular formula is C18H31ClN2O. The summed E-state index contributed by atoms with van der Waals surface area (Å²) >= 11 is 0. The molecule has 5 aliphatic rings. The first-order valence-electron chi connectivity index (χ1n) is 8.92. The maximum atomic E-state index is 13.4. The second-order valence-electron chi connectivity index (χ2n) is 9.31. The van der Waals surface area contributed by atoms with Gasteiger partial charge in [0.1, 0.15) is 0 Å². The highest BCUT2D eigenvalue weighted by atomic mass is 35.5. The monoisotopic (exact) mass is 326 g/mol. The van der Waals surface area contributed by atoms with Crippen molar-refractivity contribution in [3.8, 4) is 0 Å². The molecule has 5 fully saturated rings. The van der Waals surface area contributed by atoms with E-state index in [1.807, 2.05) is 0 Å². The lowest BCUT2D eigenvalue weighted by atomic mass is 9.40. The van der Waals surface area contributed by atoms with Gasteiger partial charge in [-0.25, -0.2) is 0 Å². The minimum atomic E-state index is -0.00669. The number of carbonyl (C=O) groups excluding carboxylic acids is 1. The molecule has 0 radical (unpaired) electrons. The average molecular weight is 327 g/mol. The average Bonchev–Trinajstić information content (AvgIpc) is 2.62. The van der Waals surface area contributed by atoms with Crippen LogP contribution in [-0.2, 0) is 4.79 Å². The van der Waals surface area contributed by atoms with Crippen LogP contribution in [0.2, 0.25) is 0 Å². The Hall–Kier alpha value is -0.280. The summed E-state index contributed by atoms with van der Waals surface area (Å²) in [6.45, 7) is 8.84. The molecule has 1 saturated heterocycles. The third-order valence-electron chi connectivity index (χ3n) is 6.71. The number of hydrogen-bond donors (Lipinski definition) is 1. The Morgan fingerprint density at radius 3 is 2.32 bits per heavy atom. The standard InChI is InChI=1S/C18H30N2O.ClH/c1-16-8-14-9-17(2,11-16)13-18(10-14,12-16)15(21)20-6-3-4-19-5-7-20;/h14,19H,3-13H2,1-2H3;1H. The van der Waals surface area contributed by atoms with E-state index in [1.165, 1.54) is 25.7 Å². The molecule has 0 spiro atoms. The van der Waals surface area contributed by atoms with Crippen molar-refractivity contribution in [2.45, 2.75) is 58.8 Å². The molecule has 22 heavy (non-hydrogen) atoms. The molecule has 4 bridgehead atoms. The summed E-state index contributed by atoms with van der Waals surface area (Å²) in [5.74, 6) is 1.32. The minimum absolute atomic E-state index is 0. The van der Waals surface area contributed by atoms with Crippen molar-refractivity contribution >= 4 is 18.3 Å². The zero-order valence-electron chi connectivity index (χ0n) is 14.1. The van der Waals surface area contributed by atoms with Crippen molar-refractivity contribution in [1.82, 2.24) is 10.2 Å². The summed E-state index contributed by atoms with van der Waals surface area (Å²) in [5, 5.41) is 3.43. The molecular weight excluding hydrogens is 296 g/mol.